The van der Waals surface area contributed by atoms with E-state index in [1.807, 2.05) is 48.9 Å². The zero-order valence-corrected chi connectivity index (χ0v) is 16.7. The molecule has 0 atom stereocenters. The van der Waals surface area contributed by atoms with Crippen molar-refractivity contribution < 1.29 is 0 Å². The molecule has 0 saturated carbocycles. The van der Waals surface area contributed by atoms with Gasteiger partial charge in [0.15, 0.2) is 11.5 Å². The summed E-state index contributed by atoms with van der Waals surface area (Å²) in [6, 6.07) is 9.63. The van der Waals surface area contributed by atoms with Crippen molar-refractivity contribution in [3.8, 4) is 22.4 Å². The third kappa shape index (κ3) is 3.93. The van der Waals surface area contributed by atoms with Gasteiger partial charge < -0.3 is 16.0 Å². The third-order valence-electron chi connectivity index (χ3n) is 4.97. The number of nitrogen functional groups attached to an aromatic ring is 1. The van der Waals surface area contributed by atoms with Crippen LogP contribution in [0.25, 0.3) is 28.0 Å². The Morgan fingerprint density at radius 2 is 1.97 bits per heavy atom. The summed E-state index contributed by atoms with van der Waals surface area (Å²) < 4.78 is 1.70. The minimum Gasteiger partial charge on any atom is -0.382 e. The summed E-state index contributed by atoms with van der Waals surface area (Å²) in [6.07, 6.45) is 12.7. The summed E-state index contributed by atoms with van der Waals surface area (Å²) >= 11 is 0. The average Bonchev–Trinajstić information content (AvgIpc) is 3.44. The van der Waals surface area contributed by atoms with Gasteiger partial charge in [-0.25, -0.2) is 19.5 Å². The van der Waals surface area contributed by atoms with Crippen molar-refractivity contribution in [1.29, 1.82) is 0 Å². The van der Waals surface area contributed by atoms with Gasteiger partial charge in [0, 0.05) is 55.7 Å². The fourth-order valence-electron chi connectivity index (χ4n) is 3.47. The van der Waals surface area contributed by atoms with Crippen LogP contribution >= 0.6 is 0 Å². The molecule has 5 rings (SSSR count). The van der Waals surface area contributed by atoms with Gasteiger partial charge in [0.1, 0.15) is 11.6 Å². The van der Waals surface area contributed by atoms with Gasteiger partial charge in [-0.15, -0.1) is 5.10 Å². The van der Waals surface area contributed by atoms with Crippen molar-refractivity contribution in [1.82, 2.24) is 34.5 Å². The summed E-state index contributed by atoms with van der Waals surface area (Å²) in [6.45, 7) is 0.803. The van der Waals surface area contributed by atoms with Crippen molar-refractivity contribution in [3.63, 3.8) is 0 Å². The van der Waals surface area contributed by atoms with Crippen LogP contribution in [-0.4, -0.2) is 41.1 Å². The predicted octanol–water partition coefficient (Wildman–Crippen LogP) is 3.20. The molecule has 0 aliphatic carbocycles. The van der Waals surface area contributed by atoms with E-state index in [0.717, 1.165) is 53.4 Å². The van der Waals surface area contributed by atoms with E-state index in [-0.39, 0.29) is 0 Å². The van der Waals surface area contributed by atoms with Crippen LogP contribution in [0.3, 0.4) is 0 Å². The molecule has 0 unspecified atom stereocenters. The van der Waals surface area contributed by atoms with Gasteiger partial charge in [-0.3, -0.25) is 4.98 Å². The first-order valence-electron chi connectivity index (χ1n) is 10.0. The Bertz CT molecular complexity index is 1290. The number of fused-ring (bicyclic) bond motifs is 1. The summed E-state index contributed by atoms with van der Waals surface area (Å²) in [5.41, 5.74) is 10.2. The molecule has 0 spiro atoms. The smallest absolute Gasteiger partial charge is 0.166 e. The Morgan fingerprint density at radius 1 is 1.00 bits per heavy atom. The number of nitrogens with zero attached hydrogens (tertiary/aromatic N) is 6. The number of aromatic amines is 1. The fraction of sp³-hybridized carbons (Fsp3) is 0.136. The van der Waals surface area contributed by atoms with Gasteiger partial charge in [-0.2, -0.15) is 0 Å². The highest BCUT2D eigenvalue weighted by Gasteiger charge is 2.15. The summed E-state index contributed by atoms with van der Waals surface area (Å²) in [5, 5.41) is 7.80. The molecule has 5 aromatic heterocycles. The van der Waals surface area contributed by atoms with Crippen LogP contribution in [-0.2, 0) is 6.42 Å². The molecule has 5 heterocycles. The molecule has 5 aromatic rings. The maximum Gasteiger partial charge on any atom is 0.166 e. The van der Waals surface area contributed by atoms with Gasteiger partial charge in [-0.1, -0.05) is 6.07 Å². The molecular formula is C22H21N9. The Labute approximate surface area is 178 Å². The van der Waals surface area contributed by atoms with Crippen molar-refractivity contribution in [2.45, 2.75) is 12.8 Å². The van der Waals surface area contributed by atoms with Crippen LogP contribution in [0.2, 0.25) is 0 Å². The van der Waals surface area contributed by atoms with Crippen LogP contribution in [0.4, 0.5) is 11.6 Å². The minimum atomic E-state index is 0.400. The minimum absolute atomic E-state index is 0.400. The lowest BCUT2D eigenvalue weighted by molar-refractivity contribution is 0.814. The van der Waals surface area contributed by atoms with Crippen molar-refractivity contribution >= 4 is 17.3 Å². The Balaban J connectivity index is 1.35. The first-order valence-corrected chi connectivity index (χ1v) is 10.0. The highest BCUT2D eigenvalue weighted by Crippen LogP contribution is 2.29. The molecule has 0 aliphatic heterocycles. The van der Waals surface area contributed by atoms with Gasteiger partial charge in [0.2, 0.25) is 0 Å². The van der Waals surface area contributed by atoms with E-state index in [0.29, 0.717) is 11.5 Å². The molecule has 9 nitrogen and oxygen atoms in total. The summed E-state index contributed by atoms with van der Waals surface area (Å²) in [7, 11) is 0. The Hall–Kier alpha value is -4.27. The van der Waals surface area contributed by atoms with E-state index in [2.05, 4.69) is 35.3 Å². The lowest BCUT2D eigenvalue weighted by atomic mass is 10.1. The lowest BCUT2D eigenvalue weighted by Gasteiger charge is -2.07. The second-order valence-electron chi connectivity index (χ2n) is 7.08. The van der Waals surface area contributed by atoms with E-state index < -0.39 is 0 Å². The topological polar surface area (TPSA) is 123 Å². The molecule has 0 aromatic carbocycles. The van der Waals surface area contributed by atoms with Gasteiger partial charge in [0.25, 0.3) is 0 Å². The highest BCUT2D eigenvalue weighted by molar-refractivity contribution is 5.84. The number of H-pyrrole nitrogens is 1. The van der Waals surface area contributed by atoms with Gasteiger partial charge in [-0.05, 0) is 36.2 Å². The zero-order valence-electron chi connectivity index (χ0n) is 16.7. The Kier molecular flexibility index (Phi) is 4.97. The summed E-state index contributed by atoms with van der Waals surface area (Å²) in [5.74, 6) is 2.20. The van der Waals surface area contributed by atoms with Crippen molar-refractivity contribution in [2.75, 3.05) is 17.6 Å². The van der Waals surface area contributed by atoms with E-state index in [1.54, 1.807) is 23.1 Å². The molecule has 31 heavy (non-hydrogen) atoms. The van der Waals surface area contributed by atoms with E-state index in [4.69, 9.17) is 5.73 Å². The number of anilines is 2. The molecule has 0 aliphatic rings. The first kappa shape index (κ1) is 18.7. The van der Waals surface area contributed by atoms with Crippen LogP contribution in [0.5, 0.6) is 0 Å². The lowest BCUT2D eigenvalue weighted by Crippen LogP contribution is -2.05. The zero-order chi connectivity index (χ0) is 21.0. The number of pyridine rings is 2. The number of rotatable bonds is 7. The van der Waals surface area contributed by atoms with E-state index in [9.17, 15) is 0 Å². The van der Waals surface area contributed by atoms with Crippen molar-refractivity contribution in [3.05, 3.63) is 73.3 Å². The number of imidazole rings is 1. The number of hydrogen-bond donors (Lipinski definition) is 3. The van der Waals surface area contributed by atoms with Gasteiger partial charge >= 0.3 is 0 Å². The standard InChI is InChI=1S/C22H21N9/c23-21-20(17-4-1-2-7-24-17)22-29-13-16(14-31(22)30-21)15-6-9-26-19(12-15)25-8-3-5-18-27-10-11-28-18/h1-2,4,6-7,9-14H,3,5,8H2,(H2,23,30)(H,25,26)(H,27,28). The monoisotopic (exact) mass is 411 g/mol. The quantitative estimate of drug-likeness (QED) is 0.351. The molecule has 0 fully saturated rings. The number of hydrogen-bond acceptors (Lipinski definition) is 7. The predicted molar refractivity (Wildman–Crippen MR) is 119 cm³/mol. The fourth-order valence-corrected chi connectivity index (χ4v) is 3.47. The normalized spacial score (nSPS) is 11.1. The molecule has 154 valence electrons. The highest BCUT2D eigenvalue weighted by atomic mass is 15.3. The van der Waals surface area contributed by atoms with Crippen LogP contribution in [0.15, 0.2) is 67.5 Å². The first-order chi connectivity index (χ1) is 15.3. The Morgan fingerprint density at radius 3 is 2.81 bits per heavy atom. The maximum absolute atomic E-state index is 6.16. The van der Waals surface area contributed by atoms with Gasteiger partial charge in [0.05, 0.1) is 11.3 Å². The largest absolute Gasteiger partial charge is 0.382 e. The molecular weight excluding hydrogens is 390 g/mol. The second kappa shape index (κ2) is 8.23. The average molecular weight is 411 g/mol. The third-order valence-corrected chi connectivity index (χ3v) is 4.97. The molecule has 9 heteroatoms. The number of nitrogens with two attached hydrogens (primary N) is 1. The molecule has 0 saturated heterocycles. The van der Waals surface area contributed by atoms with E-state index >= 15 is 0 Å². The summed E-state index contributed by atoms with van der Waals surface area (Å²) in [4.78, 5) is 20.8. The number of aromatic nitrogens is 7. The molecule has 0 bridgehead atoms. The number of aryl methyl sites for hydroxylation is 1. The van der Waals surface area contributed by atoms with Crippen molar-refractivity contribution in [2.24, 2.45) is 0 Å². The molecule has 4 N–H and O–H groups in total. The number of nitrogens with one attached hydrogen (secondary N) is 2. The SMILES string of the molecule is Nc1nn2cc(-c3ccnc(NCCCc4ncc[nH]4)c3)cnc2c1-c1ccccn1. The second-order valence-corrected chi connectivity index (χ2v) is 7.08. The molecule has 0 radical (unpaired) electrons. The maximum atomic E-state index is 6.16. The van der Waals surface area contributed by atoms with Crippen LogP contribution in [0.1, 0.15) is 12.2 Å². The van der Waals surface area contributed by atoms with Crippen LogP contribution in [0, 0.1) is 0 Å². The van der Waals surface area contributed by atoms with Crippen LogP contribution < -0.4 is 11.1 Å². The van der Waals surface area contributed by atoms with E-state index in [1.165, 1.54) is 0 Å². The molecule has 0 amide bonds.